The van der Waals surface area contributed by atoms with Crippen molar-refractivity contribution in [2.24, 2.45) is 0 Å². The average molecular weight is 276 g/mol. The van der Waals surface area contributed by atoms with E-state index in [1.165, 1.54) is 51.4 Å². The van der Waals surface area contributed by atoms with Crippen LogP contribution in [-0.2, 0) is 4.74 Å². The number of alkyl halides is 1. The highest BCUT2D eigenvalue weighted by Gasteiger charge is 2.02. The molecule has 0 aromatic rings. The summed E-state index contributed by atoms with van der Waals surface area (Å²) in [5, 5.41) is 8.54. The molecule has 0 aromatic carbocycles. The average Bonchev–Trinajstić information content (AvgIpc) is 2.43. The van der Waals surface area contributed by atoms with Gasteiger partial charge < -0.3 is 9.84 Å². The van der Waals surface area contributed by atoms with Crippen LogP contribution >= 0.6 is 0 Å². The van der Waals surface area contributed by atoms with E-state index >= 15 is 0 Å². The third-order valence-electron chi connectivity index (χ3n) is 3.40. The maximum absolute atomic E-state index is 12.7. The summed E-state index contributed by atoms with van der Waals surface area (Å²) < 4.78 is 18.2. The van der Waals surface area contributed by atoms with E-state index < -0.39 is 6.17 Å². The van der Waals surface area contributed by atoms with Crippen LogP contribution < -0.4 is 0 Å². The molecule has 0 saturated carbocycles. The summed E-state index contributed by atoms with van der Waals surface area (Å²) in [6.45, 7) is 3.69. The fourth-order valence-corrected chi connectivity index (χ4v) is 2.07. The molecule has 1 unspecified atom stereocenters. The van der Waals surface area contributed by atoms with Crippen LogP contribution in [0.5, 0.6) is 0 Å². The van der Waals surface area contributed by atoms with Crippen molar-refractivity contribution in [1.82, 2.24) is 0 Å². The predicted molar refractivity (Wildman–Crippen MR) is 79.3 cm³/mol. The number of halogens is 1. The van der Waals surface area contributed by atoms with E-state index in [1.54, 1.807) is 0 Å². The molecule has 3 heteroatoms. The molecule has 0 radical (unpaired) electrons. The van der Waals surface area contributed by atoms with E-state index in [9.17, 15) is 4.39 Å². The number of hydrogen-bond donors (Lipinski definition) is 1. The summed E-state index contributed by atoms with van der Waals surface area (Å²) >= 11 is 0. The minimum absolute atomic E-state index is 0.319. The minimum atomic E-state index is -1.01. The number of rotatable bonds is 15. The zero-order valence-corrected chi connectivity index (χ0v) is 12.7. The standard InChI is InChI=1S/C16H33FO2/c1-2-3-13-19-14-11-9-7-5-4-6-8-10-12-16(17)15-18/h16,18H,2-15H2,1H3. The van der Waals surface area contributed by atoms with E-state index in [1.807, 2.05) is 0 Å². The van der Waals surface area contributed by atoms with Crippen LogP contribution in [0.3, 0.4) is 0 Å². The Morgan fingerprint density at radius 1 is 0.842 bits per heavy atom. The Hall–Kier alpha value is -0.150. The third-order valence-corrected chi connectivity index (χ3v) is 3.40. The fourth-order valence-electron chi connectivity index (χ4n) is 2.07. The lowest BCUT2D eigenvalue weighted by Gasteiger charge is -2.05. The molecule has 19 heavy (non-hydrogen) atoms. The van der Waals surface area contributed by atoms with Gasteiger partial charge in [-0.2, -0.15) is 0 Å². The van der Waals surface area contributed by atoms with E-state index in [0.717, 1.165) is 26.1 Å². The van der Waals surface area contributed by atoms with Gasteiger partial charge in [-0.1, -0.05) is 58.3 Å². The van der Waals surface area contributed by atoms with Crippen molar-refractivity contribution in [2.45, 2.75) is 83.7 Å². The van der Waals surface area contributed by atoms with Crippen molar-refractivity contribution in [3.8, 4) is 0 Å². The number of unbranched alkanes of at least 4 members (excludes halogenated alkanes) is 8. The van der Waals surface area contributed by atoms with Crippen LogP contribution in [0.2, 0.25) is 0 Å². The van der Waals surface area contributed by atoms with E-state index in [0.29, 0.717) is 6.42 Å². The summed E-state index contributed by atoms with van der Waals surface area (Å²) in [4.78, 5) is 0. The molecule has 0 fully saturated rings. The summed E-state index contributed by atoms with van der Waals surface area (Å²) in [6, 6.07) is 0. The maximum atomic E-state index is 12.7. The number of ether oxygens (including phenoxy) is 1. The molecule has 0 amide bonds. The fraction of sp³-hybridized carbons (Fsp3) is 1.00. The Balaban J connectivity index is 2.95. The van der Waals surface area contributed by atoms with Crippen molar-refractivity contribution < 1.29 is 14.2 Å². The lowest BCUT2D eigenvalue weighted by Crippen LogP contribution is -2.04. The van der Waals surface area contributed by atoms with Crippen LogP contribution in [0.25, 0.3) is 0 Å². The first kappa shape index (κ1) is 18.9. The molecule has 1 atom stereocenters. The normalized spacial score (nSPS) is 12.8. The molecule has 0 aromatic heterocycles. The predicted octanol–water partition coefficient (Wildman–Crippen LogP) is 4.64. The number of hydrogen-bond acceptors (Lipinski definition) is 2. The second kappa shape index (κ2) is 15.9. The van der Waals surface area contributed by atoms with Crippen molar-refractivity contribution in [3.63, 3.8) is 0 Å². The molecule has 2 nitrogen and oxygen atoms in total. The van der Waals surface area contributed by atoms with E-state index in [-0.39, 0.29) is 6.61 Å². The zero-order valence-electron chi connectivity index (χ0n) is 12.7. The Morgan fingerprint density at radius 3 is 1.95 bits per heavy atom. The van der Waals surface area contributed by atoms with Crippen LogP contribution in [0, 0.1) is 0 Å². The summed E-state index contributed by atoms with van der Waals surface area (Å²) in [6.07, 6.45) is 11.4. The second-order valence-electron chi connectivity index (χ2n) is 5.36. The first-order valence-corrected chi connectivity index (χ1v) is 8.14. The molecule has 0 saturated heterocycles. The van der Waals surface area contributed by atoms with Gasteiger partial charge in [0.1, 0.15) is 6.17 Å². The van der Waals surface area contributed by atoms with Crippen LogP contribution in [0.15, 0.2) is 0 Å². The van der Waals surface area contributed by atoms with Gasteiger partial charge in [-0.05, 0) is 19.3 Å². The first-order chi connectivity index (χ1) is 9.31. The van der Waals surface area contributed by atoms with E-state index in [4.69, 9.17) is 9.84 Å². The molecule has 0 aliphatic rings. The molecular weight excluding hydrogens is 243 g/mol. The smallest absolute Gasteiger partial charge is 0.123 e. The minimum Gasteiger partial charge on any atom is -0.393 e. The lowest BCUT2D eigenvalue weighted by atomic mass is 10.1. The van der Waals surface area contributed by atoms with Gasteiger partial charge in [-0.3, -0.25) is 0 Å². The van der Waals surface area contributed by atoms with Crippen molar-refractivity contribution >= 4 is 0 Å². The molecule has 0 bridgehead atoms. The van der Waals surface area contributed by atoms with Gasteiger partial charge in [0.2, 0.25) is 0 Å². The third kappa shape index (κ3) is 15.8. The lowest BCUT2D eigenvalue weighted by molar-refractivity contribution is 0.127. The molecule has 0 heterocycles. The highest BCUT2D eigenvalue weighted by Crippen LogP contribution is 2.11. The Labute approximate surface area is 118 Å². The summed E-state index contributed by atoms with van der Waals surface area (Å²) in [5.41, 5.74) is 0. The molecule has 0 rings (SSSR count). The van der Waals surface area contributed by atoms with Gasteiger partial charge in [0.25, 0.3) is 0 Å². The van der Waals surface area contributed by atoms with Gasteiger partial charge in [0.05, 0.1) is 6.61 Å². The monoisotopic (exact) mass is 276 g/mol. The largest absolute Gasteiger partial charge is 0.393 e. The number of aliphatic hydroxyl groups excluding tert-OH is 1. The first-order valence-electron chi connectivity index (χ1n) is 8.14. The molecule has 0 spiro atoms. The second-order valence-corrected chi connectivity index (χ2v) is 5.36. The van der Waals surface area contributed by atoms with Crippen molar-refractivity contribution in [1.29, 1.82) is 0 Å². The zero-order chi connectivity index (χ0) is 14.2. The molecule has 116 valence electrons. The van der Waals surface area contributed by atoms with Gasteiger partial charge in [0.15, 0.2) is 0 Å². The van der Waals surface area contributed by atoms with Gasteiger partial charge >= 0.3 is 0 Å². The van der Waals surface area contributed by atoms with Crippen molar-refractivity contribution in [2.75, 3.05) is 19.8 Å². The summed E-state index contributed by atoms with van der Waals surface area (Å²) in [7, 11) is 0. The maximum Gasteiger partial charge on any atom is 0.123 e. The van der Waals surface area contributed by atoms with E-state index in [2.05, 4.69) is 6.92 Å². The molecule has 1 N–H and O–H groups in total. The molecular formula is C16H33FO2. The van der Waals surface area contributed by atoms with Crippen molar-refractivity contribution in [3.05, 3.63) is 0 Å². The van der Waals surface area contributed by atoms with Gasteiger partial charge in [-0.15, -0.1) is 0 Å². The molecule has 0 aliphatic carbocycles. The highest BCUT2D eigenvalue weighted by atomic mass is 19.1. The highest BCUT2D eigenvalue weighted by molar-refractivity contribution is 4.54. The Kier molecular flexibility index (Phi) is 15.8. The Bertz CT molecular complexity index is 165. The van der Waals surface area contributed by atoms with Gasteiger partial charge in [-0.25, -0.2) is 4.39 Å². The van der Waals surface area contributed by atoms with Crippen LogP contribution in [-0.4, -0.2) is 31.1 Å². The number of aliphatic hydroxyl groups is 1. The Morgan fingerprint density at radius 2 is 1.37 bits per heavy atom. The quantitative estimate of drug-likeness (QED) is 0.441. The van der Waals surface area contributed by atoms with Gasteiger partial charge in [0, 0.05) is 13.2 Å². The van der Waals surface area contributed by atoms with Crippen LogP contribution in [0.4, 0.5) is 4.39 Å². The van der Waals surface area contributed by atoms with Crippen LogP contribution in [0.1, 0.15) is 77.6 Å². The molecule has 0 aliphatic heterocycles. The SMILES string of the molecule is CCCCOCCCCCCCCCCC(F)CO. The summed E-state index contributed by atoms with van der Waals surface area (Å²) in [5.74, 6) is 0. The topological polar surface area (TPSA) is 29.5 Å².